The zero-order chi connectivity index (χ0) is 10.9. The van der Waals surface area contributed by atoms with Gasteiger partial charge in [0.2, 0.25) is 0 Å². The van der Waals surface area contributed by atoms with Crippen molar-refractivity contribution >= 4 is 11.6 Å². The first-order chi connectivity index (χ1) is 7.15. The average molecular weight is 224 g/mol. The van der Waals surface area contributed by atoms with Crippen LogP contribution in [-0.4, -0.2) is 6.54 Å². The highest BCUT2D eigenvalue weighted by molar-refractivity contribution is 6.31. The lowest BCUT2D eigenvalue weighted by Gasteiger charge is -2.28. The molecule has 1 atom stereocenters. The third kappa shape index (κ3) is 2.35. The number of hydrogen-bond donors (Lipinski definition) is 1. The molecular formula is C13H18ClN. The Hall–Kier alpha value is -0.530. The fourth-order valence-corrected chi connectivity index (χ4v) is 2.44. The van der Waals surface area contributed by atoms with Gasteiger partial charge in [-0.25, -0.2) is 0 Å². The Kier molecular flexibility index (Phi) is 3.03. The molecule has 1 saturated carbocycles. The van der Waals surface area contributed by atoms with E-state index in [0.717, 1.165) is 23.9 Å². The van der Waals surface area contributed by atoms with Gasteiger partial charge in [-0.2, -0.15) is 0 Å². The van der Waals surface area contributed by atoms with Crippen molar-refractivity contribution in [3.8, 4) is 0 Å². The SMILES string of the molecule is CC(CN)(Cc1ccccc1Cl)C1CC1. The lowest BCUT2D eigenvalue weighted by molar-refractivity contribution is 0.282. The molecule has 0 spiro atoms. The summed E-state index contributed by atoms with van der Waals surface area (Å²) in [6.45, 7) is 3.04. The third-order valence-electron chi connectivity index (χ3n) is 3.58. The first-order valence-electron chi connectivity index (χ1n) is 5.59. The van der Waals surface area contributed by atoms with E-state index >= 15 is 0 Å². The van der Waals surface area contributed by atoms with Crippen LogP contribution in [0.5, 0.6) is 0 Å². The van der Waals surface area contributed by atoms with Crippen LogP contribution >= 0.6 is 11.6 Å². The van der Waals surface area contributed by atoms with Crippen LogP contribution in [0.2, 0.25) is 5.02 Å². The molecule has 15 heavy (non-hydrogen) atoms. The molecule has 1 unspecified atom stereocenters. The summed E-state index contributed by atoms with van der Waals surface area (Å²) >= 11 is 6.17. The van der Waals surface area contributed by atoms with Gasteiger partial charge in [0.25, 0.3) is 0 Å². The van der Waals surface area contributed by atoms with Gasteiger partial charge in [-0.05, 0) is 48.8 Å². The average Bonchev–Trinajstić information content (AvgIpc) is 3.05. The van der Waals surface area contributed by atoms with Crippen LogP contribution < -0.4 is 5.73 Å². The summed E-state index contributed by atoms with van der Waals surface area (Å²) < 4.78 is 0. The van der Waals surface area contributed by atoms with E-state index in [1.807, 2.05) is 18.2 Å². The van der Waals surface area contributed by atoms with Gasteiger partial charge in [-0.3, -0.25) is 0 Å². The van der Waals surface area contributed by atoms with Gasteiger partial charge >= 0.3 is 0 Å². The quantitative estimate of drug-likeness (QED) is 0.833. The minimum atomic E-state index is 0.241. The lowest BCUT2D eigenvalue weighted by Crippen LogP contribution is -2.31. The Morgan fingerprint density at radius 2 is 2.07 bits per heavy atom. The highest BCUT2D eigenvalue weighted by Gasteiger charge is 2.40. The van der Waals surface area contributed by atoms with Crippen molar-refractivity contribution in [2.45, 2.75) is 26.2 Å². The second-order valence-corrected chi connectivity index (χ2v) is 5.31. The van der Waals surface area contributed by atoms with E-state index in [1.165, 1.54) is 18.4 Å². The van der Waals surface area contributed by atoms with Crippen molar-refractivity contribution in [2.75, 3.05) is 6.54 Å². The summed E-state index contributed by atoms with van der Waals surface area (Å²) in [6, 6.07) is 8.09. The molecule has 0 bridgehead atoms. The highest BCUT2D eigenvalue weighted by atomic mass is 35.5. The topological polar surface area (TPSA) is 26.0 Å². The first-order valence-corrected chi connectivity index (χ1v) is 5.97. The Morgan fingerprint density at radius 1 is 1.40 bits per heavy atom. The van der Waals surface area contributed by atoms with Crippen LogP contribution in [0.3, 0.4) is 0 Å². The van der Waals surface area contributed by atoms with Crippen molar-refractivity contribution in [1.29, 1.82) is 0 Å². The van der Waals surface area contributed by atoms with Gasteiger partial charge < -0.3 is 5.73 Å². The van der Waals surface area contributed by atoms with E-state index in [9.17, 15) is 0 Å². The normalized spacial score (nSPS) is 19.9. The molecule has 2 rings (SSSR count). The molecule has 0 aromatic heterocycles. The van der Waals surface area contributed by atoms with Crippen LogP contribution in [0, 0.1) is 11.3 Å². The molecule has 2 heteroatoms. The molecule has 0 saturated heterocycles. The summed E-state index contributed by atoms with van der Waals surface area (Å²) in [6.07, 6.45) is 3.67. The van der Waals surface area contributed by atoms with Crippen molar-refractivity contribution in [3.05, 3.63) is 34.9 Å². The second-order valence-electron chi connectivity index (χ2n) is 4.90. The number of halogens is 1. The molecule has 1 aliphatic carbocycles. The van der Waals surface area contributed by atoms with Crippen molar-refractivity contribution in [1.82, 2.24) is 0 Å². The molecule has 1 nitrogen and oxygen atoms in total. The summed E-state index contributed by atoms with van der Waals surface area (Å²) in [4.78, 5) is 0. The fourth-order valence-electron chi connectivity index (χ4n) is 2.24. The van der Waals surface area contributed by atoms with E-state index in [0.29, 0.717) is 0 Å². The van der Waals surface area contributed by atoms with Crippen LogP contribution in [0.1, 0.15) is 25.3 Å². The fraction of sp³-hybridized carbons (Fsp3) is 0.538. The minimum Gasteiger partial charge on any atom is -0.330 e. The molecule has 0 aliphatic heterocycles. The molecule has 1 fully saturated rings. The summed E-state index contributed by atoms with van der Waals surface area (Å²) in [5.74, 6) is 0.804. The zero-order valence-corrected chi connectivity index (χ0v) is 9.93. The molecule has 82 valence electrons. The number of nitrogens with two attached hydrogens (primary N) is 1. The number of benzene rings is 1. The summed E-state index contributed by atoms with van der Waals surface area (Å²) in [7, 11) is 0. The van der Waals surface area contributed by atoms with Crippen LogP contribution in [0.15, 0.2) is 24.3 Å². The number of rotatable bonds is 4. The van der Waals surface area contributed by atoms with Crippen molar-refractivity contribution in [3.63, 3.8) is 0 Å². The molecule has 0 amide bonds. The van der Waals surface area contributed by atoms with Crippen molar-refractivity contribution < 1.29 is 0 Å². The monoisotopic (exact) mass is 223 g/mol. The van der Waals surface area contributed by atoms with E-state index in [2.05, 4.69) is 13.0 Å². The standard InChI is InChI=1S/C13H18ClN/c1-13(9-15,11-6-7-11)8-10-4-2-3-5-12(10)14/h2-5,11H,6-9,15H2,1H3. The summed E-state index contributed by atoms with van der Waals surface area (Å²) in [5, 5.41) is 0.873. The Balaban J connectivity index is 2.16. The predicted octanol–water partition coefficient (Wildman–Crippen LogP) is 3.26. The molecular weight excluding hydrogens is 206 g/mol. The Morgan fingerprint density at radius 3 is 2.60 bits per heavy atom. The maximum Gasteiger partial charge on any atom is 0.0438 e. The Labute approximate surface area is 96.6 Å². The van der Waals surface area contributed by atoms with Gasteiger partial charge in [0.15, 0.2) is 0 Å². The van der Waals surface area contributed by atoms with E-state index in [4.69, 9.17) is 17.3 Å². The van der Waals surface area contributed by atoms with Gasteiger partial charge in [0.1, 0.15) is 0 Å². The zero-order valence-electron chi connectivity index (χ0n) is 9.17. The highest BCUT2D eigenvalue weighted by Crippen LogP contribution is 2.47. The van der Waals surface area contributed by atoms with Gasteiger partial charge in [0.05, 0.1) is 0 Å². The predicted molar refractivity (Wildman–Crippen MR) is 65.0 cm³/mol. The van der Waals surface area contributed by atoms with Gasteiger partial charge in [0, 0.05) is 5.02 Å². The number of hydrogen-bond acceptors (Lipinski definition) is 1. The second kappa shape index (κ2) is 4.15. The summed E-state index contributed by atoms with van der Waals surface area (Å²) in [5.41, 5.74) is 7.38. The van der Waals surface area contributed by atoms with Gasteiger partial charge in [-0.1, -0.05) is 36.7 Å². The molecule has 1 aromatic rings. The minimum absolute atomic E-state index is 0.241. The lowest BCUT2D eigenvalue weighted by atomic mass is 9.79. The maximum atomic E-state index is 6.17. The van der Waals surface area contributed by atoms with E-state index in [1.54, 1.807) is 0 Å². The van der Waals surface area contributed by atoms with Gasteiger partial charge in [-0.15, -0.1) is 0 Å². The molecule has 1 aromatic carbocycles. The third-order valence-corrected chi connectivity index (χ3v) is 3.95. The smallest absolute Gasteiger partial charge is 0.0438 e. The maximum absolute atomic E-state index is 6.17. The largest absolute Gasteiger partial charge is 0.330 e. The molecule has 0 radical (unpaired) electrons. The molecule has 2 N–H and O–H groups in total. The van der Waals surface area contributed by atoms with Crippen LogP contribution in [-0.2, 0) is 6.42 Å². The molecule has 0 heterocycles. The first kappa shape index (κ1) is 11.0. The van der Waals surface area contributed by atoms with Crippen LogP contribution in [0.4, 0.5) is 0 Å². The van der Waals surface area contributed by atoms with Crippen LogP contribution in [0.25, 0.3) is 0 Å². The van der Waals surface area contributed by atoms with Crippen molar-refractivity contribution in [2.24, 2.45) is 17.1 Å². The molecule has 1 aliphatic rings. The van der Waals surface area contributed by atoms with E-state index in [-0.39, 0.29) is 5.41 Å². The van der Waals surface area contributed by atoms with E-state index < -0.39 is 0 Å². The Bertz CT molecular complexity index is 346.